The van der Waals surface area contributed by atoms with Gasteiger partial charge in [-0.05, 0) is 38.9 Å². The van der Waals surface area contributed by atoms with E-state index in [0.717, 1.165) is 0 Å². The minimum atomic E-state index is -2.06. The fraction of sp³-hybridized carbons (Fsp3) is 1.00. The summed E-state index contributed by atoms with van der Waals surface area (Å²) in [5.74, 6) is -2.03. The second-order valence-electron chi connectivity index (χ2n) is 8.30. The highest BCUT2D eigenvalue weighted by Gasteiger charge is 2.57. The zero-order valence-corrected chi connectivity index (χ0v) is 15.5. The van der Waals surface area contributed by atoms with Gasteiger partial charge in [0.2, 0.25) is 0 Å². The molecule has 2 aliphatic heterocycles. The number of aliphatic hydroxyl groups is 1. The highest BCUT2D eigenvalue weighted by atomic mass is 28.4. The molecule has 2 rings (SSSR count). The third kappa shape index (κ3) is 3.35. The molecule has 21 heavy (non-hydrogen) atoms. The van der Waals surface area contributed by atoms with Crippen LogP contribution in [-0.2, 0) is 18.6 Å². The largest absolute Gasteiger partial charge is 0.406 e. The maximum absolute atomic E-state index is 10.6. The summed E-state index contributed by atoms with van der Waals surface area (Å²) in [5, 5.41) is 10.7. The van der Waals surface area contributed by atoms with Crippen molar-refractivity contribution < 1.29 is 23.7 Å². The van der Waals surface area contributed by atoms with E-state index >= 15 is 0 Å². The predicted molar refractivity (Wildman–Crippen MR) is 82.5 cm³/mol. The molecule has 1 N–H and O–H groups in total. The molecule has 0 spiro atoms. The molecule has 2 heterocycles. The maximum Gasteiger partial charge on any atom is 0.192 e. The molecule has 0 aromatic carbocycles. The zero-order chi connectivity index (χ0) is 16.3. The highest BCUT2D eigenvalue weighted by molar-refractivity contribution is 6.74. The zero-order valence-electron chi connectivity index (χ0n) is 14.5. The number of rotatable bonds is 2. The second-order valence-corrected chi connectivity index (χ2v) is 13.1. The number of fused-ring (bicyclic) bond motifs is 1. The molecule has 0 saturated carbocycles. The van der Waals surface area contributed by atoms with E-state index in [0.29, 0.717) is 6.61 Å². The van der Waals surface area contributed by atoms with Crippen molar-refractivity contribution in [2.75, 3.05) is 6.61 Å². The summed E-state index contributed by atoms with van der Waals surface area (Å²) in [7, 11) is -2.06. The molecule has 2 saturated heterocycles. The molecule has 0 bridgehead atoms. The van der Waals surface area contributed by atoms with Crippen LogP contribution in [-0.4, -0.2) is 49.9 Å². The Morgan fingerprint density at radius 1 is 1.14 bits per heavy atom. The quantitative estimate of drug-likeness (QED) is 0.793. The SMILES string of the molecule is CC1(C)O[C@@H]2[C@@H](COC(C)(O)[C@H]2O[Si](C)(C)C(C)(C)C)O1. The topological polar surface area (TPSA) is 57.2 Å². The number of hydrogen-bond acceptors (Lipinski definition) is 5. The lowest BCUT2D eigenvalue weighted by molar-refractivity contribution is -0.292. The predicted octanol–water partition coefficient (Wildman–Crippen LogP) is 2.64. The molecule has 0 aromatic rings. The fourth-order valence-electron chi connectivity index (χ4n) is 2.56. The first-order valence-corrected chi connectivity index (χ1v) is 10.6. The summed E-state index contributed by atoms with van der Waals surface area (Å²) >= 11 is 0. The van der Waals surface area contributed by atoms with Crippen molar-refractivity contribution >= 4 is 8.32 Å². The van der Waals surface area contributed by atoms with Crippen molar-refractivity contribution in [1.82, 2.24) is 0 Å². The standard InChI is InChI=1S/C15H30O5Si/c1-13(2,3)21(7,8)20-12-11-10(9-17-15(12,6)16)18-14(4,5)19-11/h10-12,16H,9H2,1-8H3/t10-,11-,12+,15?/m1/s1. The van der Waals surface area contributed by atoms with Gasteiger partial charge in [-0.3, -0.25) is 0 Å². The van der Waals surface area contributed by atoms with Crippen molar-refractivity contribution in [1.29, 1.82) is 0 Å². The van der Waals surface area contributed by atoms with Gasteiger partial charge in [0.1, 0.15) is 18.3 Å². The van der Waals surface area contributed by atoms with Crippen LogP contribution in [0.2, 0.25) is 18.1 Å². The minimum Gasteiger partial charge on any atom is -0.406 e. The summed E-state index contributed by atoms with van der Waals surface area (Å²) in [6.07, 6.45) is -1.05. The summed E-state index contributed by atoms with van der Waals surface area (Å²) in [5.41, 5.74) is 0. The first kappa shape index (κ1) is 17.4. The summed E-state index contributed by atoms with van der Waals surface area (Å²) < 4.78 is 23.9. The average Bonchev–Trinajstić information content (AvgIpc) is 2.56. The Balaban J connectivity index is 2.25. The molecule has 2 fully saturated rings. The molecule has 5 nitrogen and oxygen atoms in total. The normalized spacial score (nSPS) is 40.1. The highest BCUT2D eigenvalue weighted by Crippen LogP contribution is 2.43. The van der Waals surface area contributed by atoms with E-state index in [9.17, 15) is 5.11 Å². The molecule has 0 amide bonds. The second kappa shape index (κ2) is 5.01. The van der Waals surface area contributed by atoms with Crippen molar-refractivity contribution in [3.05, 3.63) is 0 Å². The Kier molecular flexibility index (Phi) is 4.14. The van der Waals surface area contributed by atoms with Crippen molar-refractivity contribution in [2.24, 2.45) is 0 Å². The van der Waals surface area contributed by atoms with Gasteiger partial charge in [-0.1, -0.05) is 20.8 Å². The third-order valence-corrected chi connectivity index (χ3v) is 9.27. The van der Waals surface area contributed by atoms with Crippen LogP contribution in [0.3, 0.4) is 0 Å². The maximum atomic E-state index is 10.6. The van der Waals surface area contributed by atoms with Crippen LogP contribution in [0.5, 0.6) is 0 Å². The van der Waals surface area contributed by atoms with Gasteiger partial charge in [-0.2, -0.15) is 0 Å². The van der Waals surface area contributed by atoms with E-state index < -0.39 is 26.0 Å². The van der Waals surface area contributed by atoms with Crippen LogP contribution in [0.15, 0.2) is 0 Å². The summed E-state index contributed by atoms with van der Waals surface area (Å²) in [4.78, 5) is 0. The smallest absolute Gasteiger partial charge is 0.192 e. The van der Waals surface area contributed by atoms with Crippen molar-refractivity contribution in [2.45, 2.75) is 89.6 Å². The van der Waals surface area contributed by atoms with Gasteiger partial charge >= 0.3 is 0 Å². The van der Waals surface area contributed by atoms with Crippen LogP contribution in [0.25, 0.3) is 0 Å². The first-order chi connectivity index (χ1) is 9.25. The van der Waals surface area contributed by atoms with E-state index in [-0.39, 0.29) is 17.2 Å². The van der Waals surface area contributed by atoms with Gasteiger partial charge in [-0.15, -0.1) is 0 Å². The van der Waals surface area contributed by atoms with Gasteiger partial charge < -0.3 is 23.7 Å². The van der Waals surface area contributed by atoms with Gasteiger partial charge in [-0.25, -0.2) is 0 Å². The third-order valence-electron chi connectivity index (χ3n) is 4.82. The van der Waals surface area contributed by atoms with Crippen LogP contribution < -0.4 is 0 Å². The van der Waals surface area contributed by atoms with Crippen molar-refractivity contribution in [3.8, 4) is 0 Å². The Morgan fingerprint density at radius 2 is 1.71 bits per heavy atom. The van der Waals surface area contributed by atoms with E-state index in [1.165, 1.54) is 0 Å². The Hall–Kier alpha value is 0.0169. The molecule has 6 heteroatoms. The van der Waals surface area contributed by atoms with Gasteiger partial charge in [0, 0.05) is 0 Å². The fourth-order valence-corrected chi connectivity index (χ4v) is 3.90. The van der Waals surface area contributed by atoms with Crippen LogP contribution in [0.4, 0.5) is 0 Å². The molecule has 0 aliphatic carbocycles. The minimum absolute atomic E-state index is 0.0466. The molecule has 2 aliphatic rings. The molecular weight excluding hydrogens is 288 g/mol. The lowest BCUT2D eigenvalue weighted by Crippen LogP contribution is -2.63. The van der Waals surface area contributed by atoms with Gasteiger partial charge in [0.25, 0.3) is 0 Å². The number of ether oxygens (including phenoxy) is 3. The van der Waals surface area contributed by atoms with Crippen LogP contribution in [0, 0.1) is 0 Å². The first-order valence-electron chi connectivity index (χ1n) is 7.65. The van der Waals surface area contributed by atoms with E-state index in [4.69, 9.17) is 18.6 Å². The lowest BCUT2D eigenvalue weighted by atomic mass is 9.98. The lowest BCUT2D eigenvalue weighted by Gasteiger charge is -2.47. The summed E-state index contributed by atoms with van der Waals surface area (Å²) in [6, 6.07) is 0. The van der Waals surface area contributed by atoms with Gasteiger partial charge in [0.15, 0.2) is 19.9 Å². The average molecular weight is 318 g/mol. The molecular formula is C15H30O5Si. The van der Waals surface area contributed by atoms with Crippen molar-refractivity contribution in [3.63, 3.8) is 0 Å². The Labute approximate surface area is 129 Å². The van der Waals surface area contributed by atoms with E-state index in [1.54, 1.807) is 6.92 Å². The molecule has 1 unspecified atom stereocenters. The monoisotopic (exact) mass is 318 g/mol. The van der Waals surface area contributed by atoms with E-state index in [1.807, 2.05) is 13.8 Å². The van der Waals surface area contributed by atoms with E-state index in [2.05, 4.69) is 33.9 Å². The number of hydrogen-bond donors (Lipinski definition) is 1. The van der Waals surface area contributed by atoms with Crippen LogP contribution >= 0.6 is 0 Å². The van der Waals surface area contributed by atoms with Gasteiger partial charge in [0.05, 0.1) is 6.61 Å². The molecule has 0 radical (unpaired) electrons. The van der Waals surface area contributed by atoms with Crippen LogP contribution in [0.1, 0.15) is 41.5 Å². The molecule has 4 atom stereocenters. The molecule has 0 aromatic heterocycles. The molecule has 124 valence electrons. The Bertz CT molecular complexity index is 399. The Morgan fingerprint density at radius 3 is 2.24 bits per heavy atom. The summed E-state index contributed by atoms with van der Waals surface area (Å²) in [6.45, 7) is 16.6.